The molecule has 0 bridgehead atoms. The summed E-state index contributed by atoms with van der Waals surface area (Å²) in [4.78, 5) is 0. The van der Waals surface area contributed by atoms with E-state index in [9.17, 15) is 0 Å². The van der Waals surface area contributed by atoms with Gasteiger partial charge in [0, 0.05) is 17.0 Å². The molecule has 0 aromatic heterocycles. The Labute approximate surface area is 111 Å². The molecule has 0 aliphatic carbocycles. The SMILES string of the molecule is CCCCCC(N)c1ccc2c(c1)C(C)(C)CO2. The van der Waals surface area contributed by atoms with Crippen LogP contribution < -0.4 is 10.5 Å². The molecule has 2 rings (SSSR count). The lowest BCUT2D eigenvalue weighted by Gasteiger charge is -2.18. The predicted molar refractivity (Wildman–Crippen MR) is 76.0 cm³/mol. The molecule has 100 valence electrons. The molecular weight excluding hydrogens is 222 g/mol. The normalized spacial score (nSPS) is 18.2. The molecule has 0 saturated heterocycles. The smallest absolute Gasteiger partial charge is 0.123 e. The summed E-state index contributed by atoms with van der Waals surface area (Å²) in [5, 5.41) is 0. The van der Waals surface area contributed by atoms with Gasteiger partial charge in [-0.1, -0.05) is 46.1 Å². The molecule has 0 amide bonds. The minimum absolute atomic E-state index is 0.120. The van der Waals surface area contributed by atoms with Crippen molar-refractivity contribution in [3.05, 3.63) is 29.3 Å². The van der Waals surface area contributed by atoms with E-state index in [4.69, 9.17) is 10.5 Å². The van der Waals surface area contributed by atoms with Gasteiger partial charge >= 0.3 is 0 Å². The number of nitrogens with two attached hydrogens (primary N) is 1. The number of benzene rings is 1. The third-order valence-corrected chi connectivity index (χ3v) is 3.87. The van der Waals surface area contributed by atoms with Crippen LogP contribution in [0, 0.1) is 0 Å². The summed E-state index contributed by atoms with van der Waals surface area (Å²) in [6.45, 7) is 7.45. The molecule has 0 saturated carbocycles. The van der Waals surface area contributed by atoms with Crippen LogP contribution in [0.1, 0.15) is 63.6 Å². The fraction of sp³-hybridized carbons (Fsp3) is 0.625. The topological polar surface area (TPSA) is 35.2 Å². The standard InChI is InChI=1S/C16H25NO/c1-4-5-6-7-14(17)12-8-9-15-13(10-12)16(2,3)11-18-15/h8-10,14H,4-7,11,17H2,1-3H3. The van der Waals surface area contributed by atoms with Crippen molar-refractivity contribution < 1.29 is 4.74 Å². The van der Waals surface area contributed by atoms with Gasteiger partial charge in [0.05, 0.1) is 6.61 Å². The second-order valence-corrected chi connectivity index (χ2v) is 6.03. The number of hydrogen-bond donors (Lipinski definition) is 1. The summed E-state index contributed by atoms with van der Waals surface area (Å²) in [6, 6.07) is 6.62. The predicted octanol–water partition coefficient (Wildman–Crippen LogP) is 3.94. The van der Waals surface area contributed by atoms with E-state index in [0.29, 0.717) is 0 Å². The molecule has 0 spiro atoms. The summed E-state index contributed by atoms with van der Waals surface area (Å²) in [5.41, 5.74) is 8.96. The van der Waals surface area contributed by atoms with E-state index < -0.39 is 0 Å². The lowest BCUT2D eigenvalue weighted by Crippen LogP contribution is -2.19. The first-order valence-corrected chi connectivity index (χ1v) is 7.07. The van der Waals surface area contributed by atoms with E-state index in [2.05, 4.69) is 39.0 Å². The lowest BCUT2D eigenvalue weighted by molar-refractivity contribution is 0.291. The molecule has 2 nitrogen and oxygen atoms in total. The van der Waals surface area contributed by atoms with E-state index in [0.717, 1.165) is 18.8 Å². The first-order valence-electron chi connectivity index (χ1n) is 7.07. The van der Waals surface area contributed by atoms with Gasteiger partial charge in [-0.3, -0.25) is 0 Å². The Hall–Kier alpha value is -1.02. The molecule has 0 fully saturated rings. The van der Waals surface area contributed by atoms with Crippen molar-refractivity contribution >= 4 is 0 Å². The van der Waals surface area contributed by atoms with Crippen LogP contribution in [0.5, 0.6) is 5.75 Å². The van der Waals surface area contributed by atoms with Crippen molar-refractivity contribution in [2.75, 3.05) is 6.61 Å². The molecule has 1 aliphatic rings. The van der Waals surface area contributed by atoms with Gasteiger partial charge in [-0.05, 0) is 24.1 Å². The number of unbranched alkanes of at least 4 members (excludes halogenated alkanes) is 2. The van der Waals surface area contributed by atoms with Crippen molar-refractivity contribution in [2.45, 2.75) is 57.9 Å². The van der Waals surface area contributed by atoms with Gasteiger partial charge in [0.2, 0.25) is 0 Å². The Kier molecular flexibility index (Phi) is 3.96. The van der Waals surface area contributed by atoms with Crippen LogP contribution in [-0.4, -0.2) is 6.61 Å². The highest BCUT2D eigenvalue weighted by atomic mass is 16.5. The van der Waals surface area contributed by atoms with Crippen molar-refractivity contribution in [3.8, 4) is 5.75 Å². The zero-order chi connectivity index (χ0) is 13.2. The molecule has 18 heavy (non-hydrogen) atoms. The quantitative estimate of drug-likeness (QED) is 0.800. The minimum Gasteiger partial charge on any atom is -0.492 e. The van der Waals surface area contributed by atoms with Gasteiger partial charge in [-0.2, -0.15) is 0 Å². The number of rotatable bonds is 5. The number of ether oxygens (including phenoxy) is 1. The van der Waals surface area contributed by atoms with Gasteiger partial charge in [0.25, 0.3) is 0 Å². The highest BCUT2D eigenvalue weighted by molar-refractivity contribution is 5.45. The highest BCUT2D eigenvalue weighted by Gasteiger charge is 2.32. The van der Waals surface area contributed by atoms with E-state index in [1.54, 1.807) is 0 Å². The first-order chi connectivity index (χ1) is 8.54. The summed E-state index contributed by atoms with van der Waals surface area (Å²) in [5.74, 6) is 1.03. The molecule has 2 N–H and O–H groups in total. The molecular formula is C16H25NO. The van der Waals surface area contributed by atoms with Gasteiger partial charge in [-0.15, -0.1) is 0 Å². The fourth-order valence-corrected chi connectivity index (χ4v) is 2.55. The Morgan fingerprint density at radius 1 is 1.33 bits per heavy atom. The Balaban J connectivity index is 2.11. The summed E-state index contributed by atoms with van der Waals surface area (Å²) >= 11 is 0. The Morgan fingerprint density at radius 2 is 2.11 bits per heavy atom. The van der Waals surface area contributed by atoms with Crippen LogP contribution in [0.3, 0.4) is 0 Å². The summed E-state index contributed by atoms with van der Waals surface area (Å²) in [6.07, 6.45) is 4.81. The zero-order valence-electron chi connectivity index (χ0n) is 11.8. The monoisotopic (exact) mass is 247 g/mol. The summed E-state index contributed by atoms with van der Waals surface area (Å²) < 4.78 is 5.71. The molecule has 1 unspecified atom stereocenters. The largest absolute Gasteiger partial charge is 0.492 e. The maximum absolute atomic E-state index is 6.28. The van der Waals surface area contributed by atoms with Crippen LogP contribution in [0.15, 0.2) is 18.2 Å². The molecule has 0 radical (unpaired) electrons. The third kappa shape index (κ3) is 2.69. The van der Waals surface area contributed by atoms with Gasteiger partial charge in [0.15, 0.2) is 0 Å². The van der Waals surface area contributed by atoms with Crippen molar-refractivity contribution in [3.63, 3.8) is 0 Å². The van der Waals surface area contributed by atoms with E-state index in [1.165, 1.54) is 30.4 Å². The van der Waals surface area contributed by atoms with Crippen molar-refractivity contribution in [2.24, 2.45) is 5.73 Å². The Bertz CT molecular complexity index is 412. The van der Waals surface area contributed by atoms with E-state index in [1.807, 2.05) is 0 Å². The third-order valence-electron chi connectivity index (χ3n) is 3.87. The number of fused-ring (bicyclic) bond motifs is 1. The lowest BCUT2D eigenvalue weighted by atomic mass is 9.85. The van der Waals surface area contributed by atoms with Crippen LogP contribution in [0.4, 0.5) is 0 Å². The molecule has 1 heterocycles. The van der Waals surface area contributed by atoms with Crippen LogP contribution in [0.2, 0.25) is 0 Å². The molecule has 1 aromatic rings. The van der Waals surface area contributed by atoms with Crippen LogP contribution >= 0.6 is 0 Å². The molecule has 1 aromatic carbocycles. The van der Waals surface area contributed by atoms with E-state index in [-0.39, 0.29) is 11.5 Å². The average Bonchev–Trinajstić information content (AvgIpc) is 2.65. The second-order valence-electron chi connectivity index (χ2n) is 6.03. The van der Waals surface area contributed by atoms with E-state index >= 15 is 0 Å². The average molecular weight is 247 g/mol. The van der Waals surface area contributed by atoms with Crippen molar-refractivity contribution in [1.29, 1.82) is 0 Å². The van der Waals surface area contributed by atoms with Gasteiger partial charge < -0.3 is 10.5 Å². The second kappa shape index (κ2) is 5.31. The maximum atomic E-state index is 6.28. The maximum Gasteiger partial charge on any atom is 0.123 e. The van der Waals surface area contributed by atoms with Gasteiger partial charge in [-0.25, -0.2) is 0 Å². The Morgan fingerprint density at radius 3 is 2.83 bits per heavy atom. The fourth-order valence-electron chi connectivity index (χ4n) is 2.55. The minimum atomic E-state index is 0.120. The van der Waals surface area contributed by atoms with Crippen molar-refractivity contribution in [1.82, 2.24) is 0 Å². The van der Waals surface area contributed by atoms with Crippen LogP contribution in [0.25, 0.3) is 0 Å². The molecule has 2 heteroatoms. The molecule has 1 aliphatic heterocycles. The van der Waals surface area contributed by atoms with Crippen LogP contribution in [-0.2, 0) is 5.41 Å². The van der Waals surface area contributed by atoms with Gasteiger partial charge in [0.1, 0.15) is 5.75 Å². The highest BCUT2D eigenvalue weighted by Crippen LogP contribution is 2.39. The zero-order valence-corrected chi connectivity index (χ0v) is 11.8. The number of hydrogen-bond acceptors (Lipinski definition) is 2. The molecule has 1 atom stereocenters. The first kappa shape index (κ1) is 13.4. The summed E-state index contributed by atoms with van der Waals surface area (Å²) in [7, 11) is 0.